The van der Waals surface area contributed by atoms with Crippen LogP contribution in [0.1, 0.15) is 40.5 Å². The molecular formula is C9H20N2O3. The molecule has 0 aliphatic heterocycles. The maximum absolute atomic E-state index is 11.5. The Kier molecular flexibility index (Phi) is 4.67. The lowest BCUT2D eigenvalue weighted by molar-refractivity contribution is -0.123. The summed E-state index contributed by atoms with van der Waals surface area (Å²) in [6.07, 6.45) is 0.434. The van der Waals surface area contributed by atoms with Gasteiger partial charge in [-0.25, -0.2) is 0 Å². The number of carbonyl (C=O) groups is 1. The van der Waals surface area contributed by atoms with E-state index in [2.05, 4.69) is 11.0 Å². The van der Waals surface area contributed by atoms with Gasteiger partial charge in [0.2, 0.25) is 0 Å². The van der Waals surface area contributed by atoms with Crippen LogP contribution in [-0.4, -0.2) is 27.3 Å². The van der Waals surface area contributed by atoms with Gasteiger partial charge in [-0.05, 0) is 27.7 Å². The SMILES string of the molecule is CC(C)(CC(=O)CC(C)(C)NO)NO. The van der Waals surface area contributed by atoms with Crippen LogP contribution in [-0.2, 0) is 4.79 Å². The van der Waals surface area contributed by atoms with Crippen molar-refractivity contribution >= 4 is 5.78 Å². The Morgan fingerprint density at radius 3 is 1.50 bits per heavy atom. The third kappa shape index (κ3) is 5.29. The van der Waals surface area contributed by atoms with E-state index in [1.54, 1.807) is 27.7 Å². The Balaban J connectivity index is 4.12. The van der Waals surface area contributed by atoms with E-state index >= 15 is 0 Å². The molecule has 14 heavy (non-hydrogen) atoms. The molecule has 5 nitrogen and oxygen atoms in total. The van der Waals surface area contributed by atoms with E-state index in [4.69, 9.17) is 10.4 Å². The molecule has 0 amide bonds. The molecule has 0 atom stereocenters. The van der Waals surface area contributed by atoms with Gasteiger partial charge in [0.1, 0.15) is 5.78 Å². The smallest absolute Gasteiger partial charge is 0.136 e. The van der Waals surface area contributed by atoms with Gasteiger partial charge in [-0.15, -0.1) is 0 Å². The van der Waals surface area contributed by atoms with Crippen molar-refractivity contribution in [3.8, 4) is 0 Å². The molecule has 0 saturated heterocycles. The first-order valence-corrected chi connectivity index (χ1v) is 4.57. The highest BCUT2D eigenvalue weighted by molar-refractivity contribution is 5.80. The lowest BCUT2D eigenvalue weighted by Gasteiger charge is -2.25. The lowest BCUT2D eigenvalue weighted by Crippen LogP contribution is -2.43. The molecule has 4 N–H and O–H groups in total. The second-order valence-corrected chi connectivity index (χ2v) is 4.88. The number of nitrogens with one attached hydrogen (secondary N) is 2. The van der Waals surface area contributed by atoms with Gasteiger partial charge in [-0.1, -0.05) is 0 Å². The number of Topliss-reactive ketones (excluding diaryl/α,β-unsaturated/α-hetero) is 1. The van der Waals surface area contributed by atoms with Crippen LogP contribution in [0.15, 0.2) is 0 Å². The number of hydrogen-bond acceptors (Lipinski definition) is 5. The zero-order chi connectivity index (χ0) is 11.4. The van der Waals surface area contributed by atoms with Gasteiger partial charge in [0.15, 0.2) is 0 Å². The maximum Gasteiger partial charge on any atom is 0.136 e. The van der Waals surface area contributed by atoms with Gasteiger partial charge in [0, 0.05) is 23.9 Å². The van der Waals surface area contributed by atoms with Crippen LogP contribution in [0.5, 0.6) is 0 Å². The highest BCUT2D eigenvalue weighted by Gasteiger charge is 2.26. The molecule has 5 heteroatoms. The third-order valence-corrected chi connectivity index (χ3v) is 1.88. The monoisotopic (exact) mass is 204 g/mol. The van der Waals surface area contributed by atoms with Crippen LogP contribution in [0.2, 0.25) is 0 Å². The van der Waals surface area contributed by atoms with Crippen molar-refractivity contribution in [1.29, 1.82) is 0 Å². The van der Waals surface area contributed by atoms with Crippen LogP contribution >= 0.6 is 0 Å². The molecule has 84 valence electrons. The minimum Gasteiger partial charge on any atom is -0.316 e. The van der Waals surface area contributed by atoms with Crippen molar-refractivity contribution < 1.29 is 15.2 Å². The van der Waals surface area contributed by atoms with E-state index in [-0.39, 0.29) is 18.6 Å². The van der Waals surface area contributed by atoms with Crippen molar-refractivity contribution in [3.63, 3.8) is 0 Å². The average molecular weight is 204 g/mol. The van der Waals surface area contributed by atoms with E-state index < -0.39 is 11.1 Å². The summed E-state index contributed by atoms with van der Waals surface area (Å²) < 4.78 is 0. The molecule has 0 radical (unpaired) electrons. The van der Waals surface area contributed by atoms with E-state index in [9.17, 15) is 4.79 Å². The molecule has 0 aromatic rings. The zero-order valence-corrected chi connectivity index (χ0v) is 9.22. The molecule has 0 unspecified atom stereocenters. The summed E-state index contributed by atoms with van der Waals surface area (Å²) in [6, 6.07) is 0. The Labute approximate surface area is 84.4 Å². The molecule has 0 fully saturated rings. The number of hydroxylamine groups is 2. The lowest BCUT2D eigenvalue weighted by atomic mass is 9.91. The second-order valence-electron chi connectivity index (χ2n) is 4.88. The molecule has 0 heterocycles. The van der Waals surface area contributed by atoms with Gasteiger partial charge < -0.3 is 10.4 Å². The Hall–Kier alpha value is -0.490. The summed E-state index contributed by atoms with van der Waals surface area (Å²) in [5.74, 6) is -0.0249. The summed E-state index contributed by atoms with van der Waals surface area (Å²) in [5.41, 5.74) is 2.90. The predicted octanol–water partition coefficient (Wildman–Crippen LogP) is 0.851. The fourth-order valence-corrected chi connectivity index (χ4v) is 1.13. The average Bonchev–Trinajstić information content (AvgIpc) is 2.02. The van der Waals surface area contributed by atoms with Crippen molar-refractivity contribution in [2.24, 2.45) is 0 Å². The molecular weight excluding hydrogens is 184 g/mol. The zero-order valence-electron chi connectivity index (χ0n) is 9.22. The van der Waals surface area contributed by atoms with Gasteiger partial charge in [0.05, 0.1) is 0 Å². The topological polar surface area (TPSA) is 81.6 Å². The van der Waals surface area contributed by atoms with Crippen LogP contribution in [0.3, 0.4) is 0 Å². The maximum atomic E-state index is 11.5. The first kappa shape index (κ1) is 13.5. The van der Waals surface area contributed by atoms with Gasteiger partial charge in [0.25, 0.3) is 0 Å². The minimum absolute atomic E-state index is 0.0249. The van der Waals surface area contributed by atoms with Crippen LogP contribution < -0.4 is 11.0 Å². The van der Waals surface area contributed by atoms with Crippen molar-refractivity contribution in [3.05, 3.63) is 0 Å². The number of rotatable bonds is 6. The Bertz CT molecular complexity index is 182. The number of ketones is 1. The number of hydrogen-bond donors (Lipinski definition) is 4. The summed E-state index contributed by atoms with van der Waals surface area (Å²) >= 11 is 0. The Morgan fingerprint density at radius 2 is 1.29 bits per heavy atom. The first-order chi connectivity index (χ1) is 6.22. The van der Waals surface area contributed by atoms with Crippen molar-refractivity contribution in [2.75, 3.05) is 0 Å². The van der Waals surface area contributed by atoms with Crippen LogP contribution in [0.4, 0.5) is 0 Å². The highest BCUT2D eigenvalue weighted by Crippen LogP contribution is 2.14. The summed E-state index contributed by atoms with van der Waals surface area (Å²) in [6.45, 7) is 6.91. The second kappa shape index (κ2) is 4.84. The molecule has 0 rings (SSSR count). The number of carbonyl (C=O) groups excluding carboxylic acids is 1. The van der Waals surface area contributed by atoms with Gasteiger partial charge >= 0.3 is 0 Å². The van der Waals surface area contributed by atoms with Gasteiger partial charge in [-0.2, -0.15) is 11.0 Å². The first-order valence-electron chi connectivity index (χ1n) is 4.57. The van der Waals surface area contributed by atoms with Crippen molar-refractivity contribution in [2.45, 2.75) is 51.6 Å². The fraction of sp³-hybridized carbons (Fsp3) is 0.889. The quantitative estimate of drug-likeness (QED) is 0.482. The summed E-state index contributed by atoms with van der Waals surface area (Å²) in [7, 11) is 0. The highest BCUT2D eigenvalue weighted by atomic mass is 16.5. The summed E-state index contributed by atoms with van der Waals surface area (Å²) in [5, 5.41) is 17.5. The van der Waals surface area contributed by atoms with E-state index in [1.807, 2.05) is 0 Å². The fourth-order valence-electron chi connectivity index (χ4n) is 1.13. The molecule has 0 saturated carbocycles. The standard InChI is InChI=1S/C9H20N2O3/c1-8(2,10-13)5-7(12)6-9(3,4)11-14/h10-11,13-14H,5-6H2,1-4H3. The molecule has 0 aromatic heterocycles. The van der Waals surface area contributed by atoms with E-state index in [0.717, 1.165) is 0 Å². The van der Waals surface area contributed by atoms with E-state index in [0.29, 0.717) is 0 Å². The Morgan fingerprint density at radius 1 is 1.00 bits per heavy atom. The molecule has 0 aliphatic rings. The molecule has 0 bridgehead atoms. The van der Waals surface area contributed by atoms with Crippen LogP contribution in [0.25, 0.3) is 0 Å². The molecule has 0 spiro atoms. The van der Waals surface area contributed by atoms with Gasteiger partial charge in [-0.3, -0.25) is 4.79 Å². The molecule has 0 aromatic carbocycles. The predicted molar refractivity (Wildman–Crippen MR) is 52.2 cm³/mol. The van der Waals surface area contributed by atoms with Crippen LogP contribution in [0, 0.1) is 0 Å². The summed E-state index contributed by atoms with van der Waals surface area (Å²) in [4.78, 5) is 11.5. The minimum atomic E-state index is -0.622. The normalized spacial score (nSPS) is 13.0. The largest absolute Gasteiger partial charge is 0.316 e. The van der Waals surface area contributed by atoms with E-state index in [1.165, 1.54) is 0 Å². The van der Waals surface area contributed by atoms with Crippen molar-refractivity contribution in [1.82, 2.24) is 11.0 Å². The third-order valence-electron chi connectivity index (χ3n) is 1.88. The molecule has 0 aliphatic carbocycles.